The second kappa shape index (κ2) is 2.65. The summed E-state index contributed by atoms with van der Waals surface area (Å²) in [5, 5.41) is 10.3. The van der Waals surface area contributed by atoms with Crippen molar-refractivity contribution in [3.63, 3.8) is 0 Å². The van der Waals surface area contributed by atoms with Gasteiger partial charge >= 0.3 is 0 Å². The molecule has 1 rings (SSSR count). The van der Waals surface area contributed by atoms with Crippen molar-refractivity contribution in [1.29, 1.82) is 0 Å². The molecule has 1 heterocycles. The molecule has 0 N–H and O–H groups in total. The van der Waals surface area contributed by atoms with Crippen LogP contribution in [0, 0.1) is 24.0 Å². The van der Waals surface area contributed by atoms with E-state index in [0.29, 0.717) is 5.69 Å². The highest BCUT2D eigenvalue weighted by Gasteiger charge is 2.09. The zero-order valence-electron chi connectivity index (χ0n) is 6.37. The maximum Gasteiger partial charge on any atom is 0.290 e. The maximum atomic E-state index is 10.3. The molecule has 0 atom stereocenters. The van der Waals surface area contributed by atoms with Crippen LogP contribution in [0.5, 0.6) is 0 Å². The smallest absolute Gasteiger partial charge is 0.258 e. The van der Waals surface area contributed by atoms with Crippen LogP contribution in [0.2, 0.25) is 0 Å². The summed E-state index contributed by atoms with van der Waals surface area (Å²) < 4.78 is 0. The maximum absolute atomic E-state index is 10.3. The van der Waals surface area contributed by atoms with Gasteiger partial charge in [-0.25, -0.2) is 0 Å². The molecular formula is C7H8N2O2. The summed E-state index contributed by atoms with van der Waals surface area (Å²) in [5.74, 6) is 0. The van der Waals surface area contributed by atoms with Crippen molar-refractivity contribution in [3.8, 4) is 0 Å². The third kappa shape index (κ3) is 1.52. The lowest BCUT2D eigenvalue weighted by molar-refractivity contribution is -0.385. The van der Waals surface area contributed by atoms with Crippen LogP contribution in [0.4, 0.5) is 5.69 Å². The van der Waals surface area contributed by atoms with Crippen LogP contribution in [0.25, 0.3) is 0 Å². The fourth-order valence-corrected chi connectivity index (χ4v) is 0.807. The lowest BCUT2D eigenvalue weighted by Crippen LogP contribution is -1.94. The molecule has 4 heteroatoms. The van der Waals surface area contributed by atoms with E-state index < -0.39 is 4.92 Å². The largest absolute Gasteiger partial charge is 0.290 e. The summed E-state index contributed by atoms with van der Waals surface area (Å²) in [7, 11) is 0. The monoisotopic (exact) mass is 152 g/mol. The fourth-order valence-electron chi connectivity index (χ4n) is 0.807. The third-order valence-electron chi connectivity index (χ3n) is 1.39. The second-order valence-electron chi connectivity index (χ2n) is 2.37. The third-order valence-corrected chi connectivity index (χ3v) is 1.39. The van der Waals surface area contributed by atoms with Gasteiger partial charge in [-0.15, -0.1) is 0 Å². The number of nitro groups is 1. The Morgan fingerprint density at radius 2 is 2.18 bits per heavy atom. The molecule has 0 radical (unpaired) electrons. The van der Waals surface area contributed by atoms with Crippen molar-refractivity contribution >= 4 is 5.69 Å². The molecule has 0 unspecified atom stereocenters. The van der Waals surface area contributed by atoms with Crippen molar-refractivity contribution in [2.75, 3.05) is 0 Å². The predicted molar refractivity (Wildman–Crippen MR) is 40.4 cm³/mol. The Morgan fingerprint density at radius 1 is 1.55 bits per heavy atom. The normalized spacial score (nSPS) is 9.64. The summed E-state index contributed by atoms with van der Waals surface area (Å²) in [6.45, 7) is 3.40. The number of rotatable bonds is 1. The van der Waals surface area contributed by atoms with E-state index in [-0.39, 0.29) is 5.69 Å². The summed E-state index contributed by atoms with van der Waals surface area (Å²) >= 11 is 0. The first-order valence-corrected chi connectivity index (χ1v) is 3.19. The minimum Gasteiger partial charge on any atom is -0.258 e. The first-order valence-electron chi connectivity index (χ1n) is 3.19. The first kappa shape index (κ1) is 7.65. The molecular weight excluding hydrogens is 144 g/mol. The van der Waals surface area contributed by atoms with Crippen molar-refractivity contribution in [1.82, 2.24) is 4.98 Å². The SMILES string of the molecule is Cc1cnc(C)c([N+](=O)[O-])c1. The van der Waals surface area contributed by atoms with Crippen molar-refractivity contribution < 1.29 is 4.92 Å². The van der Waals surface area contributed by atoms with Gasteiger partial charge in [0, 0.05) is 12.3 Å². The fraction of sp³-hybridized carbons (Fsp3) is 0.286. The van der Waals surface area contributed by atoms with E-state index in [9.17, 15) is 10.1 Å². The van der Waals surface area contributed by atoms with Gasteiger partial charge in [0.15, 0.2) is 0 Å². The minimum absolute atomic E-state index is 0.0880. The molecule has 1 aromatic heterocycles. The molecule has 0 saturated heterocycles. The highest BCUT2D eigenvalue weighted by Crippen LogP contribution is 2.15. The molecule has 0 fully saturated rings. The van der Waals surface area contributed by atoms with Gasteiger partial charge in [-0.05, 0) is 19.4 Å². The molecule has 11 heavy (non-hydrogen) atoms. The van der Waals surface area contributed by atoms with Crippen molar-refractivity contribution in [2.24, 2.45) is 0 Å². The van der Waals surface area contributed by atoms with Gasteiger partial charge < -0.3 is 0 Å². The van der Waals surface area contributed by atoms with Gasteiger partial charge in [-0.3, -0.25) is 15.1 Å². The first-order chi connectivity index (χ1) is 5.11. The van der Waals surface area contributed by atoms with E-state index in [1.807, 2.05) is 0 Å². The Hall–Kier alpha value is -1.45. The number of nitrogens with zero attached hydrogens (tertiary/aromatic N) is 2. The highest BCUT2D eigenvalue weighted by molar-refractivity contribution is 5.36. The molecule has 0 aliphatic rings. The van der Waals surface area contributed by atoms with Crippen LogP contribution in [0.1, 0.15) is 11.3 Å². The van der Waals surface area contributed by atoms with Crippen molar-refractivity contribution in [3.05, 3.63) is 33.6 Å². The topological polar surface area (TPSA) is 56.0 Å². The van der Waals surface area contributed by atoms with Crippen LogP contribution in [0.15, 0.2) is 12.3 Å². The number of aryl methyl sites for hydroxylation is 2. The van der Waals surface area contributed by atoms with E-state index in [0.717, 1.165) is 5.56 Å². The molecule has 0 spiro atoms. The zero-order chi connectivity index (χ0) is 8.43. The Bertz CT molecular complexity index is 296. The number of hydrogen-bond acceptors (Lipinski definition) is 3. The van der Waals surface area contributed by atoms with Crippen molar-refractivity contribution in [2.45, 2.75) is 13.8 Å². The van der Waals surface area contributed by atoms with Crippen LogP contribution >= 0.6 is 0 Å². The van der Waals surface area contributed by atoms with E-state index >= 15 is 0 Å². The second-order valence-corrected chi connectivity index (χ2v) is 2.37. The van der Waals surface area contributed by atoms with E-state index in [1.165, 1.54) is 6.07 Å². The molecule has 0 saturated carbocycles. The van der Waals surface area contributed by atoms with Gasteiger partial charge in [-0.2, -0.15) is 0 Å². The predicted octanol–water partition coefficient (Wildman–Crippen LogP) is 1.61. The zero-order valence-corrected chi connectivity index (χ0v) is 6.37. The van der Waals surface area contributed by atoms with Gasteiger partial charge in [0.1, 0.15) is 5.69 Å². The van der Waals surface area contributed by atoms with Crippen LogP contribution in [-0.2, 0) is 0 Å². The molecule has 4 nitrogen and oxygen atoms in total. The van der Waals surface area contributed by atoms with Crippen LogP contribution in [-0.4, -0.2) is 9.91 Å². The lowest BCUT2D eigenvalue weighted by atomic mass is 10.2. The van der Waals surface area contributed by atoms with Crippen LogP contribution < -0.4 is 0 Å². The van der Waals surface area contributed by atoms with E-state index in [4.69, 9.17) is 0 Å². The quantitative estimate of drug-likeness (QED) is 0.453. The number of pyridine rings is 1. The van der Waals surface area contributed by atoms with Crippen LogP contribution in [0.3, 0.4) is 0 Å². The summed E-state index contributed by atoms with van der Waals surface area (Å²) in [4.78, 5) is 13.8. The summed E-state index contributed by atoms with van der Waals surface area (Å²) in [6.07, 6.45) is 1.61. The highest BCUT2D eigenvalue weighted by atomic mass is 16.6. The van der Waals surface area contributed by atoms with E-state index in [1.54, 1.807) is 20.0 Å². The number of hydrogen-bond donors (Lipinski definition) is 0. The van der Waals surface area contributed by atoms with Gasteiger partial charge in [0.05, 0.1) is 4.92 Å². The summed E-state index contributed by atoms with van der Waals surface area (Å²) in [6, 6.07) is 1.52. The standard InChI is InChI=1S/C7H8N2O2/c1-5-3-7(9(10)11)6(2)8-4-5/h3-4H,1-2H3. The number of aromatic nitrogens is 1. The molecule has 0 amide bonds. The van der Waals surface area contributed by atoms with E-state index in [2.05, 4.69) is 4.98 Å². The molecule has 0 aliphatic heterocycles. The Labute approximate surface area is 64.0 Å². The average Bonchev–Trinajstić information content (AvgIpc) is 1.94. The Balaban J connectivity index is 3.23. The van der Waals surface area contributed by atoms with Gasteiger partial charge in [0.2, 0.25) is 0 Å². The molecule has 0 aliphatic carbocycles. The molecule has 0 aromatic carbocycles. The molecule has 0 bridgehead atoms. The Kier molecular flexibility index (Phi) is 1.85. The van der Waals surface area contributed by atoms with Gasteiger partial charge in [0.25, 0.3) is 5.69 Å². The molecule has 58 valence electrons. The Morgan fingerprint density at radius 3 is 2.64 bits per heavy atom. The average molecular weight is 152 g/mol. The minimum atomic E-state index is -0.421. The lowest BCUT2D eigenvalue weighted by Gasteiger charge is -1.95. The van der Waals surface area contributed by atoms with Gasteiger partial charge in [-0.1, -0.05) is 0 Å². The summed E-state index contributed by atoms with van der Waals surface area (Å²) in [5.41, 5.74) is 1.35. The molecule has 1 aromatic rings.